The summed E-state index contributed by atoms with van der Waals surface area (Å²) in [6.45, 7) is 1.84. The Balaban J connectivity index is 1.52. The zero-order valence-corrected chi connectivity index (χ0v) is 16.4. The Bertz CT molecular complexity index is 993. The first-order valence-electron chi connectivity index (χ1n) is 9.90. The van der Waals surface area contributed by atoms with Crippen molar-refractivity contribution in [2.45, 2.75) is 25.3 Å². The molecular formula is C21H23N5O4. The number of likely N-dealkylation sites (tertiary alicyclic amines) is 1. The van der Waals surface area contributed by atoms with Crippen LogP contribution in [0.1, 0.15) is 41.2 Å². The SMILES string of the molecule is NC(=O)c1cncc(NC(=O)C(=O)N2CCCC[C@H]2c2ccc3c(c2)OCCN3)c1. The average Bonchev–Trinajstić information content (AvgIpc) is 2.78. The first kappa shape index (κ1) is 19.7. The van der Waals surface area contributed by atoms with Gasteiger partial charge in [0, 0.05) is 19.3 Å². The largest absolute Gasteiger partial charge is 0.490 e. The van der Waals surface area contributed by atoms with E-state index in [1.807, 2.05) is 18.2 Å². The van der Waals surface area contributed by atoms with Crippen molar-refractivity contribution < 1.29 is 19.1 Å². The number of benzene rings is 1. The maximum absolute atomic E-state index is 13.0. The number of nitrogens with zero attached hydrogens (tertiary/aromatic N) is 2. The Hall–Kier alpha value is -3.62. The summed E-state index contributed by atoms with van der Waals surface area (Å²) in [4.78, 5) is 42.3. The van der Waals surface area contributed by atoms with Crippen LogP contribution in [0.5, 0.6) is 5.75 Å². The second-order valence-corrected chi connectivity index (χ2v) is 7.32. The Kier molecular flexibility index (Phi) is 5.51. The predicted molar refractivity (Wildman–Crippen MR) is 110 cm³/mol. The summed E-state index contributed by atoms with van der Waals surface area (Å²) >= 11 is 0. The van der Waals surface area contributed by atoms with E-state index in [9.17, 15) is 14.4 Å². The van der Waals surface area contributed by atoms with Gasteiger partial charge >= 0.3 is 11.8 Å². The summed E-state index contributed by atoms with van der Waals surface area (Å²) < 4.78 is 5.72. The maximum Gasteiger partial charge on any atom is 0.313 e. The van der Waals surface area contributed by atoms with E-state index in [0.717, 1.165) is 42.8 Å². The second kappa shape index (κ2) is 8.40. The Labute approximate surface area is 173 Å². The zero-order chi connectivity index (χ0) is 21.1. The first-order chi connectivity index (χ1) is 14.5. The van der Waals surface area contributed by atoms with Gasteiger partial charge in [-0.25, -0.2) is 0 Å². The fourth-order valence-electron chi connectivity index (χ4n) is 3.84. The number of anilines is 2. The molecule has 1 fully saturated rings. The monoisotopic (exact) mass is 409 g/mol. The molecule has 0 spiro atoms. The molecule has 1 atom stereocenters. The van der Waals surface area contributed by atoms with E-state index in [1.54, 1.807) is 4.90 Å². The number of carbonyl (C=O) groups excluding carboxylic acids is 3. The van der Waals surface area contributed by atoms with Crippen molar-refractivity contribution in [3.63, 3.8) is 0 Å². The van der Waals surface area contributed by atoms with Crippen molar-refractivity contribution in [2.24, 2.45) is 5.73 Å². The summed E-state index contributed by atoms with van der Waals surface area (Å²) in [5, 5.41) is 5.80. The van der Waals surface area contributed by atoms with E-state index in [2.05, 4.69) is 15.6 Å². The Morgan fingerprint density at radius 3 is 2.90 bits per heavy atom. The summed E-state index contributed by atoms with van der Waals surface area (Å²) in [7, 11) is 0. The summed E-state index contributed by atoms with van der Waals surface area (Å²) in [6, 6.07) is 7.04. The maximum atomic E-state index is 13.0. The minimum absolute atomic E-state index is 0.152. The van der Waals surface area contributed by atoms with Gasteiger partial charge in [-0.2, -0.15) is 0 Å². The molecule has 9 heteroatoms. The number of pyridine rings is 1. The molecule has 2 aliphatic rings. The molecule has 0 saturated carbocycles. The summed E-state index contributed by atoms with van der Waals surface area (Å²) in [5.41, 5.74) is 7.50. The Morgan fingerprint density at radius 1 is 1.20 bits per heavy atom. The van der Waals surface area contributed by atoms with Gasteiger partial charge in [-0.1, -0.05) is 6.07 Å². The van der Waals surface area contributed by atoms with Crippen LogP contribution in [0.25, 0.3) is 0 Å². The van der Waals surface area contributed by atoms with E-state index in [0.29, 0.717) is 13.2 Å². The van der Waals surface area contributed by atoms with E-state index >= 15 is 0 Å². The molecule has 4 N–H and O–H groups in total. The van der Waals surface area contributed by atoms with Crippen molar-refractivity contribution in [2.75, 3.05) is 30.3 Å². The smallest absolute Gasteiger partial charge is 0.313 e. The molecule has 4 rings (SSSR count). The molecule has 0 unspecified atom stereocenters. The van der Waals surface area contributed by atoms with Crippen LogP contribution in [0.3, 0.4) is 0 Å². The van der Waals surface area contributed by atoms with Crippen LogP contribution >= 0.6 is 0 Å². The number of carbonyl (C=O) groups is 3. The summed E-state index contributed by atoms with van der Waals surface area (Å²) in [6.07, 6.45) is 5.23. The van der Waals surface area contributed by atoms with Crippen molar-refractivity contribution in [1.82, 2.24) is 9.88 Å². The van der Waals surface area contributed by atoms with E-state index in [4.69, 9.17) is 10.5 Å². The molecule has 9 nitrogen and oxygen atoms in total. The van der Waals surface area contributed by atoms with Gasteiger partial charge in [0.25, 0.3) is 0 Å². The standard InChI is InChI=1S/C21H23N5O4/c22-19(27)14-9-15(12-23-11-14)25-20(28)21(29)26-7-2-1-3-17(26)13-4-5-16-18(10-13)30-8-6-24-16/h4-5,9-12,17,24H,1-3,6-8H2,(H2,22,27)(H,25,28)/t17-/m0/s1. The van der Waals surface area contributed by atoms with Crippen LogP contribution in [0.4, 0.5) is 11.4 Å². The summed E-state index contributed by atoms with van der Waals surface area (Å²) in [5.74, 6) is -1.30. The minimum atomic E-state index is -0.777. The molecule has 1 saturated heterocycles. The van der Waals surface area contributed by atoms with Gasteiger partial charge in [0.15, 0.2) is 0 Å². The van der Waals surface area contributed by atoms with E-state index in [-0.39, 0.29) is 17.3 Å². The number of hydrogen-bond acceptors (Lipinski definition) is 6. The lowest BCUT2D eigenvalue weighted by atomic mass is 9.94. The molecular weight excluding hydrogens is 386 g/mol. The highest BCUT2D eigenvalue weighted by Crippen LogP contribution is 2.36. The van der Waals surface area contributed by atoms with Gasteiger partial charge in [-0.05, 0) is 43.0 Å². The molecule has 0 bridgehead atoms. The molecule has 0 aliphatic carbocycles. The van der Waals surface area contributed by atoms with Crippen molar-refractivity contribution in [3.05, 3.63) is 47.8 Å². The number of aromatic nitrogens is 1. The van der Waals surface area contributed by atoms with Gasteiger partial charge in [0.1, 0.15) is 12.4 Å². The fourth-order valence-corrected chi connectivity index (χ4v) is 3.84. The van der Waals surface area contributed by atoms with Gasteiger partial charge in [0.2, 0.25) is 5.91 Å². The molecule has 156 valence electrons. The first-order valence-corrected chi connectivity index (χ1v) is 9.90. The van der Waals surface area contributed by atoms with Crippen molar-refractivity contribution in [1.29, 1.82) is 0 Å². The lowest BCUT2D eigenvalue weighted by molar-refractivity contribution is -0.145. The van der Waals surface area contributed by atoms with Crippen LogP contribution < -0.4 is 21.1 Å². The van der Waals surface area contributed by atoms with Gasteiger partial charge in [-0.3, -0.25) is 19.4 Å². The average molecular weight is 409 g/mol. The van der Waals surface area contributed by atoms with E-state index in [1.165, 1.54) is 18.5 Å². The zero-order valence-electron chi connectivity index (χ0n) is 16.4. The lowest BCUT2D eigenvalue weighted by Gasteiger charge is -2.36. The molecule has 2 aromatic rings. The van der Waals surface area contributed by atoms with Gasteiger partial charge < -0.3 is 26.0 Å². The third-order valence-electron chi connectivity index (χ3n) is 5.30. The fraction of sp³-hybridized carbons (Fsp3) is 0.333. The van der Waals surface area contributed by atoms with Crippen LogP contribution in [0.15, 0.2) is 36.7 Å². The number of rotatable bonds is 3. The van der Waals surface area contributed by atoms with E-state index < -0.39 is 17.7 Å². The highest BCUT2D eigenvalue weighted by atomic mass is 16.5. The third kappa shape index (κ3) is 4.05. The highest BCUT2D eigenvalue weighted by Gasteiger charge is 2.32. The number of nitrogens with two attached hydrogens (primary N) is 1. The number of piperidine rings is 1. The van der Waals surface area contributed by atoms with Crippen LogP contribution in [-0.4, -0.2) is 47.3 Å². The number of hydrogen-bond donors (Lipinski definition) is 3. The normalized spacial score (nSPS) is 17.9. The second-order valence-electron chi connectivity index (χ2n) is 7.32. The molecule has 0 radical (unpaired) electrons. The number of nitrogens with one attached hydrogen (secondary N) is 2. The molecule has 3 heterocycles. The van der Waals surface area contributed by atoms with Crippen LogP contribution in [0.2, 0.25) is 0 Å². The molecule has 30 heavy (non-hydrogen) atoms. The topological polar surface area (TPSA) is 127 Å². The number of ether oxygens (including phenoxy) is 1. The quantitative estimate of drug-likeness (QED) is 0.662. The van der Waals surface area contributed by atoms with Crippen molar-refractivity contribution >= 4 is 29.1 Å². The molecule has 1 aromatic carbocycles. The molecule has 3 amide bonds. The Morgan fingerprint density at radius 2 is 2.07 bits per heavy atom. The van der Waals surface area contributed by atoms with Gasteiger partial charge in [-0.15, -0.1) is 0 Å². The number of fused-ring (bicyclic) bond motifs is 1. The predicted octanol–water partition coefficient (Wildman–Crippen LogP) is 1.68. The van der Waals surface area contributed by atoms with Crippen molar-refractivity contribution in [3.8, 4) is 5.75 Å². The number of amides is 3. The third-order valence-corrected chi connectivity index (χ3v) is 5.30. The minimum Gasteiger partial charge on any atom is -0.490 e. The van der Waals surface area contributed by atoms with Gasteiger partial charge in [0.05, 0.1) is 29.2 Å². The lowest BCUT2D eigenvalue weighted by Crippen LogP contribution is -2.44. The highest BCUT2D eigenvalue weighted by molar-refractivity contribution is 6.39. The molecule has 1 aromatic heterocycles. The number of primary amides is 1. The van der Waals surface area contributed by atoms with Crippen LogP contribution in [0, 0.1) is 0 Å². The molecule has 2 aliphatic heterocycles. The van der Waals surface area contributed by atoms with Crippen LogP contribution in [-0.2, 0) is 9.59 Å².